The second-order valence-corrected chi connectivity index (χ2v) is 8.75. The predicted octanol–water partition coefficient (Wildman–Crippen LogP) is 2.53. The third kappa shape index (κ3) is 3.58. The van der Waals surface area contributed by atoms with Gasteiger partial charge in [-0.05, 0) is 53.0 Å². The molecule has 7 nitrogen and oxygen atoms in total. The van der Waals surface area contributed by atoms with Gasteiger partial charge in [-0.25, -0.2) is 8.42 Å². The predicted molar refractivity (Wildman–Crippen MR) is 97.2 cm³/mol. The van der Waals surface area contributed by atoms with E-state index in [1.54, 1.807) is 23.9 Å². The topological polar surface area (TPSA) is 91.6 Å². The fraction of sp³-hybridized carbons (Fsp3) is 0.312. The molecule has 3 rings (SSSR count). The van der Waals surface area contributed by atoms with Crippen LogP contribution in [0.15, 0.2) is 39.8 Å². The maximum atomic E-state index is 12.6. The van der Waals surface area contributed by atoms with Gasteiger partial charge >= 0.3 is 0 Å². The molecule has 0 radical (unpaired) electrons. The molecule has 0 saturated carbocycles. The molecule has 134 valence electrons. The Hall–Kier alpha value is -1.84. The molecule has 1 aliphatic rings. The van der Waals surface area contributed by atoms with E-state index in [1.807, 2.05) is 0 Å². The molecule has 1 saturated heterocycles. The number of carbonyl (C=O) groups excluding carboxylic acids is 1. The Morgan fingerprint density at radius 1 is 1.24 bits per heavy atom. The van der Waals surface area contributed by atoms with Gasteiger partial charge in [0.25, 0.3) is 5.91 Å². The summed E-state index contributed by atoms with van der Waals surface area (Å²) < 4.78 is 29.1. The Labute approximate surface area is 154 Å². The number of phenols is 1. The number of hydrogen-bond acceptors (Lipinski definition) is 4. The van der Waals surface area contributed by atoms with E-state index in [4.69, 9.17) is 0 Å². The zero-order valence-corrected chi connectivity index (χ0v) is 16.0. The van der Waals surface area contributed by atoms with Gasteiger partial charge in [0.05, 0.1) is 10.6 Å². The molecule has 2 heterocycles. The fourth-order valence-corrected chi connectivity index (χ4v) is 4.86. The lowest BCUT2D eigenvalue weighted by molar-refractivity contribution is 0.101. The van der Waals surface area contributed by atoms with Crippen LogP contribution in [0.2, 0.25) is 0 Å². The number of rotatable bonds is 4. The Morgan fingerprint density at radius 3 is 2.52 bits per heavy atom. The summed E-state index contributed by atoms with van der Waals surface area (Å²) in [6.07, 6.45) is 3.40. The summed E-state index contributed by atoms with van der Waals surface area (Å²) in [5, 5.41) is 12.6. The van der Waals surface area contributed by atoms with Crippen LogP contribution in [0.4, 0.5) is 5.69 Å². The highest BCUT2D eigenvalue weighted by molar-refractivity contribution is 9.10. The normalized spacial score (nSPS) is 15.4. The molecule has 25 heavy (non-hydrogen) atoms. The van der Waals surface area contributed by atoms with Crippen molar-refractivity contribution in [3.05, 3.63) is 40.6 Å². The largest absolute Gasteiger partial charge is 0.506 e. The maximum Gasteiger partial charge on any atom is 0.272 e. The first-order valence-corrected chi connectivity index (χ1v) is 9.99. The summed E-state index contributed by atoms with van der Waals surface area (Å²) in [7, 11) is -1.91. The molecule has 0 atom stereocenters. The van der Waals surface area contributed by atoms with Crippen LogP contribution in [0, 0.1) is 0 Å². The number of benzene rings is 1. The highest BCUT2D eigenvalue weighted by atomic mass is 79.9. The maximum absolute atomic E-state index is 12.6. The molecule has 0 spiro atoms. The summed E-state index contributed by atoms with van der Waals surface area (Å²) in [6, 6.07) is 5.55. The van der Waals surface area contributed by atoms with Gasteiger partial charge in [-0.2, -0.15) is 4.31 Å². The number of phenolic OH excluding ortho intramolecular Hbond substituents is 1. The quantitative estimate of drug-likeness (QED) is 0.733. The molecule has 1 aromatic carbocycles. The molecular formula is C16H18BrN3O4S. The second-order valence-electron chi connectivity index (χ2n) is 5.90. The molecule has 0 unspecified atom stereocenters. The number of aryl methyl sites for hydroxylation is 1. The highest BCUT2D eigenvalue weighted by Gasteiger charge is 2.28. The SMILES string of the molecule is Cn1cc(Br)cc1C(=O)Nc1cc(S(=O)(=O)N2CCCC2)ccc1O. The van der Waals surface area contributed by atoms with Gasteiger partial charge in [0.1, 0.15) is 11.4 Å². The van der Waals surface area contributed by atoms with Gasteiger partial charge in [-0.3, -0.25) is 4.79 Å². The smallest absolute Gasteiger partial charge is 0.272 e. The van der Waals surface area contributed by atoms with Gasteiger partial charge < -0.3 is 15.0 Å². The van der Waals surface area contributed by atoms with Crippen molar-refractivity contribution in [2.24, 2.45) is 7.05 Å². The molecule has 9 heteroatoms. The van der Waals surface area contributed by atoms with E-state index in [9.17, 15) is 18.3 Å². The molecule has 1 amide bonds. The first-order chi connectivity index (χ1) is 11.8. The summed E-state index contributed by atoms with van der Waals surface area (Å²) >= 11 is 3.29. The number of nitrogens with zero attached hydrogens (tertiary/aromatic N) is 2. The number of nitrogens with one attached hydrogen (secondary N) is 1. The molecular weight excluding hydrogens is 410 g/mol. The minimum Gasteiger partial charge on any atom is -0.506 e. The zero-order chi connectivity index (χ0) is 18.2. The third-order valence-corrected chi connectivity index (χ3v) is 6.45. The van der Waals surface area contributed by atoms with Crippen molar-refractivity contribution in [1.29, 1.82) is 0 Å². The first-order valence-electron chi connectivity index (χ1n) is 7.75. The number of hydrogen-bond donors (Lipinski definition) is 2. The average molecular weight is 428 g/mol. The Kier molecular flexibility index (Phi) is 4.90. The summed E-state index contributed by atoms with van der Waals surface area (Å²) in [6.45, 7) is 0.977. The monoisotopic (exact) mass is 427 g/mol. The van der Waals surface area contributed by atoms with Gasteiger partial charge in [0.15, 0.2) is 0 Å². The fourth-order valence-electron chi connectivity index (χ4n) is 2.79. The van der Waals surface area contributed by atoms with E-state index < -0.39 is 15.9 Å². The standard InChI is InChI=1S/C16H18BrN3O4S/c1-19-10-11(17)8-14(19)16(22)18-13-9-12(4-5-15(13)21)25(23,24)20-6-2-3-7-20/h4-5,8-10,21H,2-3,6-7H2,1H3,(H,18,22). The molecule has 1 fully saturated rings. The van der Waals surface area contributed by atoms with Crippen molar-refractivity contribution in [3.63, 3.8) is 0 Å². The van der Waals surface area contributed by atoms with Crippen LogP contribution < -0.4 is 5.32 Å². The minimum atomic E-state index is -3.62. The van der Waals surface area contributed by atoms with Gasteiger partial charge in [0.2, 0.25) is 10.0 Å². The van der Waals surface area contributed by atoms with Crippen LogP contribution >= 0.6 is 15.9 Å². The number of sulfonamides is 1. The molecule has 2 N–H and O–H groups in total. The lowest BCUT2D eigenvalue weighted by Gasteiger charge is -2.16. The van der Waals surface area contributed by atoms with Crippen molar-refractivity contribution >= 4 is 37.5 Å². The van der Waals surface area contributed by atoms with E-state index >= 15 is 0 Å². The van der Waals surface area contributed by atoms with Crippen LogP contribution in [0.1, 0.15) is 23.3 Å². The van der Waals surface area contributed by atoms with Crippen molar-refractivity contribution in [2.75, 3.05) is 18.4 Å². The average Bonchev–Trinajstić information content (AvgIpc) is 3.19. The van der Waals surface area contributed by atoms with Crippen molar-refractivity contribution in [3.8, 4) is 5.75 Å². The lowest BCUT2D eigenvalue weighted by Crippen LogP contribution is -2.28. The van der Waals surface area contributed by atoms with Gasteiger partial charge in [-0.15, -0.1) is 0 Å². The molecule has 1 aliphatic heterocycles. The van der Waals surface area contributed by atoms with Crippen LogP contribution in [0.3, 0.4) is 0 Å². The molecule has 1 aromatic heterocycles. The van der Waals surface area contributed by atoms with Crippen LogP contribution in [0.5, 0.6) is 5.75 Å². The number of halogens is 1. The minimum absolute atomic E-state index is 0.0514. The van der Waals surface area contributed by atoms with Crippen LogP contribution in [0.25, 0.3) is 0 Å². The van der Waals surface area contributed by atoms with E-state index in [1.165, 1.54) is 22.5 Å². The Morgan fingerprint density at radius 2 is 1.92 bits per heavy atom. The molecule has 2 aromatic rings. The third-order valence-electron chi connectivity index (χ3n) is 4.12. The number of aromatic hydroxyl groups is 1. The summed E-state index contributed by atoms with van der Waals surface area (Å²) in [4.78, 5) is 12.4. The zero-order valence-electron chi connectivity index (χ0n) is 13.6. The van der Waals surface area contributed by atoms with E-state index in [0.29, 0.717) is 18.8 Å². The van der Waals surface area contributed by atoms with Crippen LogP contribution in [-0.4, -0.2) is 41.4 Å². The highest BCUT2D eigenvalue weighted by Crippen LogP contribution is 2.29. The van der Waals surface area contributed by atoms with Crippen LogP contribution in [-0.2, 0) is 17.1 Å². The lowest BCUT2D eigenvalue weighted by atomic mass is 10.3. The Bertz CT molecular complexity index is 917. The number of anilines is 1. The number of amides is 1. The molecule has 0 aliphatic carbocycles. The molecule has 0 bridgehead atoms. The number of carbonyl (C=O) groups is 1. The van der Waals surface area contributed by atoms with E-state index in [-0.39, 0.29) is 16.3 Å². The van der Waals surface area contributed by atoms with Crippen molar-refractivity contribution in [2.45, 2.75) is 17.7 Å². The first kappa shape index (κ1) is 18.0. The van der Waals surface area contributed by atoms with E-state index in [0.717, 1.165) is 17.3 Å². The van der Waals surface area contributed by atoms with Crippen molar-refractivity contribution < 1.29 is 18.3 Å². The Balaban J connectivity index is 1.89. The van der Waals surface area contributed by atoms with Gasteiger partial charge in [0, 0.05) is 30.8 Å². The number of aromatic nitrogens is 1. The van der Waals surface area contributed by atoms with Crippen molar-refractivity contribution in [1.82, 2.24) is 8.87 Å². The summed E-state index contributed by atoms with van der Waals surface area (Å²) in [5.74, 6) is -0.638. The van der Waals surface area contributed by atoms with Gasteiger partial charge in [-0.1, -0.05) is 0 Å². The summed E-state index contributed by atoms with van der Waals surface area (Å²) in [5.41, 5.74) is 0.432. The second kappa shape index (κ2) is 6.81. The van der Waals surface area contributed by atoms with E-state index in [2.05, 4.69) is 21.2 Å².